The molecule has 1 rings (SSSR count). The highest BCUT2D eigenvalue weighted by molar-refractivity contribution is 5.83. The van der Waals surface area contributed by atoms with E-state index in [0.29, 0.717) is 19.6 Å². The Morgan fingerprint density at radius 3 is 2.80 bits per heavy atom. The topological polar surface area (TPSA) is 46.3 Å². The third-order valence-corrected chi connectivity index (χ3v) is 1.46. The first kappa shape index (κ1) is 7.47. The maximum Gasteiger partial charge on any atom is 0.222 e. The van der Waals surface area contributed by atoms with Crippen LogP contribution in [0.1, 0.15) is 0 Å². The van der Waals surface area contributed by atoms with E-state index >= 15 is 0 Å². The Morgan fingerprint density at radius 2 is 2.40 bits per heavy atom. The summed E-state index contributed by atoms with van der Waals surface area (Å²) in [6.07, 6.45) is 0.646. The lowest BCUT2D eigenvalue weighted by atomic mass is 10.2. The fourth-order valence-electron chi connectivity index (χ4n) is 0.875. The van der Waals surface area contributed by atoms with Crippen LogP contribution in [0.15, 0.2) is 0 Å². The van der Waals surface area contributed by atoms with E-state index in [2.05, 4.69) is 0 Å². The molecule has 0 aliphatic carbocycles. The van der Waals surface area contributed by atoms with E-state index in [4.69, 9.17) is 5.73 Å². The lowest BCUT2D eigenvalue weighted by Crippen LogP contribution is -2.49. The molecule has 1 aliphatic rings. The Hall–Kier alpha value is -0.640. The van der Waals surface area contributed by atoms with Crippen molar-refractivity contribution in [1.82, 2.24) is 4.90 Å². The third-order valence-electron chi connectivity index (χ3n) is 1.46. The highest BCUT2D eigenvalue weighted by Gasteiger charge is 2.25. The van der Waals surface area contributed by atoms with Crippen molar-refractivity contribution in [1.29, 1.82) is 0 Å². The lowest BCUT2D eigenvalue weighted by Gasteiger charge is -2.33. The first-order valence-corrected chi connectivity index (χ1v) is 3.17. The first-order chi connectivity index (χ1) is 4.68. The van der Waals surface area contributed by atoms with Gasteiger partial charge in [0.2, 0.25) is 5.91 Å². The molecular formula is C6H10FN2O. The van der Waals surface area contributed by atoms with Crippen LogP contribution in [0.25, 0.3) is 0 Å². The summed E-state index contributed by atoms with van der Waals surface area (Å²) in [5.41, 5.74) is 4.84. The highest BCUT2D eigenvalue weighted by atomic mass is 19.1. The number of primary amides is 1. The average molecular weight is 145 g/mol. The van der Waals surface area contributed by atoms with E-state index in [-0.39, 0.29) is 0 Å². The van der Waals surface area contributed by atoms with Crippen molar-refractivity contribution in [3.63, 3.8) is 0 Å². The molecule has 0 atom stereocenters. The quantitative estimate of drug-likeness (QED) is 0.572. The van der Waals surface area contributed by atoms with Gasteiger partial charge in [0.25, 0.3) is 0 Å². The number of nitrogens with two attached hydrogens (primary N) is 1. The fraction of sp³-hybridized carbons (Fsp3) is 0.667. The number of hydrogen-bond acceptors (Lipinski definition) is 2. The van der Waals surface area contributed by atoms with Gasteiger partial charge in [0, 0.05) is 19.6 Å². The minimum atomic E-state index is -0.707. The molecule has 0 spiro atoms. The van der Waals surface area contributed by atoms with Gasteiger partial charge in [-0.05, 0) is 0 Å². The molecule has 0 aromatic carbocycles. The molecule has 1 fully saturated rings. The van der Waals surface area contributed by atoms with Gasteiger partial charge in [0.05, 0.1) is 6.42 Å². The first-order valence-electron chi connectivity index (χ1n) is 3.17. The van der Waals surface area contributed by atoms with Crippen molar-refractivity contribution >= 4 is 5.91 Å². The molecule has 1 saturated heterocycles. The number of nitrogens with zero attached hydrogens (tertiary/aromatic N) is 1. The van der Waals surface area contributed by atoms with Crippen LogP contribution in [0.4, 0.5) is 4.39 Å². The Balaban J connectivity index is 2.00. The molecule has 1 aliphatic heterocycles. The average Bonchev–Trinajstić information content (AvgIpc) is 1.77. The standard InChI is InChI=1S/C6H10FN2O/c7-5-3-9(4-5)2-1-6(8)10/h1,5H,2-4H2,(H2,8,10). The van der Waals surface area contributed by atoms with Crippen molar-refractivity contribution in [2.75, 3.05) is 19.6 Å². The molecule has 4 heteroatoms. The molecule has 1 radical (unpaired) electrons. The van der Waals surface area contributed by atoms with Crippen LogP contribution in [0.5, 0.6) is 0 Å². The Kier molecular flexibility index (Phi) is 2.21. The van der Waals surface area contributed by atoms with Gasteiger partial charge in [0.15, 0.2) is 0 Å². The maximum absolute atomic E-state index is 12.1. The van der Waals surface area contributed by atoms with Crippen LogP contribution in [0.3, 0.4) is 0 Å². The summed E-state index contributed by atoms with van der Waals surface area (Å²) in [5, 5.41) is 0. The second-order valence-corrected chi connectivity index (χ2v) is 2.42. The number of rotatable bonds is 3. The zero-order valence-electron chi connectivity index (χ0n) is 5.59. The minimum absolute atomic E-state index is 0.434. The Morgan fingerprint density at radius 1 is 1.80 bits per heavy atom. The molecule has 0 aromatic rings. The summed E-state index contributed by atoms with van der Waals surface area (Å²) in [7, 11) is 0. The summed E-state index contributed by atoms with van der Waals surface area (Å²) >= 11 is 0. The second kappa shape index (κ2) is 2.96. The summed E-state index contributed by atoms with van der Waals surface area (Å²) in [6.45, 7) is 1.35. The van der Waals surface area contributed by atoms with E-state index in [1.165, 1.54) is 6.42 Å². The predicted octanol–water partition coefficient (Wildman–Crippen LogP) is -0.670. The van der Waals surface area contributed by atoms with Crippen molar-refractivity contribution in [3.8, 4) is 0 Å². The molecule has 0 unspecified atom stereocenters. The monoisotopic (exact) mass is 145 g/mol. The maximum atomic E-state index is 12.1. The normalized spacial score (nSPS) is 20.5. The number of amides is 1. The van der Waals surface area contributed by atoms with Crippen LogP contribution < -0.4 is 5.73 Å². The summed E-state index contributed by atoms with van der Waals surface area (Å²) in [6, 6.07) is 0. The molecule has 1 heterocycles. The SMILES string of the molecule is NC(=O)[CH]CN1CC(F)C1. The van der Waals surface area contributed by atoms with Gasteiger partial charge < -0.3 is 5.73 Å². The van der Waals surface area contributed by atoms with Crippen LogP contribution >= 0.6 is 0 Å². The molecule has 0 bridgehead atoms. The van der Waals surface area contributed by atoms with Crippen LogP contribution in [0, 0.1) is 6.42 Å². The van der Waals surface area contributed by atoms with Crippen molar-refractivity contribution in [3.05, 3.63) is 6.42 Å². The van der Waals surface area contributed by atoms with Gasteiger partial charge in [-0.3, -0.25) is 9.69 Å². The van der Waals surface area contributed by atoms with Gasteiger partial charge >= 0.3 is 0 Å². The third kappa shape index (κ3) is 1.95. The van der Waals surface area contributed by atoms with E-state index in [0.717, 1.165) is 0 Å². The molecule has 0 saturated carbocycles. The zero-order chi connectivity index (χ0) is 7.56. The van der Waals surface area contributed by atoms with E-state index in [1.807, 2.05) is 4.90 Å². The minimum Gasteiger partial charge on any atom is -0.369 e. The fourth-order valence-corrected chi connectivity index (χ4v) is 0.875. The number of likely N-dealkylation sites (tertiary alicyclic amines) is 1. The number of carbonyl (C=O) groups is 1. The molecule has 2 N–H and O–H groups in total. The van der Waals surface area contributed by atoms with Crippen LogP contribution in [-0.4, -0.2) is 36.6 Å². The van der Waals surface area contributed by atoms with E-state index in [9.17, 15) is 9.18 Å². The Bertz CT molecular complexity index is 134. The van der Waals surface area contributed by atoms with Gasteiger partial charge in [-0.25, -0.2) is 4.39 Å². The molecular weight excluding hydrogens is 135 g/mol. The van der Waals surface area contributed by atoms with Crippen LogP contribution in [-0.2, 0) is 4.79 Å². The van der Waals surface area contributed by atoms with Gasteiger partial charge in [-0.15, -0.1) is 0 Å². The number of carbonyl (C=O) groups excluding carboxylic acids is 1. The highest BCUT2D eigenvalue weighted by Crippen LogP contribution is 2.10. The predicted molar refractivity (Wildman–Crippen MR) is 34.8 cm³/mol. The van der Waals surface area contributed by atoms with Gasteiger partial charge in [-0.2, -0.15) is 0 Å². The van der Waals surface area contributed by atoms with Crippen molar-refractivity contribution in [2.24, 2.45) is 5.73 Å². The second-order valence-electron chi connectivity index (χ2n) is 2.42. The lowest BCUT2D eigenvalue weighted by molar-refractivity contribution is -0.115. The summed E-state index contributed by atoms with van der Waals surface area (Å²) in [5.74, 6) is -0.442. The molecule has 3 nitrogen and oxygen atoms in total. The summed E-state index contributed by atoms with van der Waals surface area (Å²) in [4.78, 5) is 12.0. The smallest absolute Gasteiger partial charge is 0.222 e. The molecule has 0 aromatic heterocycles. The van der Waals surface area contributed by atoms with Gasteiger partial charge in [-0.1, -0.05) is 0 Å². The number of hydrogen-bond donors (Lipinski definition) is 1. The Labute approximate surface area is 59.0 Å². The van der Waals surface area contributed by atoms with Crippen LogP contribution in [0.2, 0.25) is 0 Å². The number of halogens is 1. The van der Waals surface area contributed by atoms with E-state index < -0.39 is 12.1 Å². The number of alkyl halides is 1. The summed E-state index contributed by atoms with van der Waals surface area (Å²) < 4.78 is 12.1. The van der Waals surface area contributed by atoms with Gasteiger partial charge in [0.1, 0.15) is 6.17 Å². The molecule has 1 amide bonds. The van der Waals surface area contributed by atoms with Crippen molar-refractivity contribution < 1.29 is 9.18 Å². The van der Waals surface area contributed by atoms with E-state index in [1.54, 1.807) is 0 Å². The largest absolute Gasteiger partial charge is 0.369 e. The van der Waals surface area contributed by atoms with Crippen molar-refractivity contribution in [2.45, 2.75) is 6.17 Å². The molecule has 57 valence electrons. The zero-order valence-corrected chi connectivity index (χ0v) is 5.59. The molecule has 10 heavy (non-hydrogen) atoms.